The van der Waals surface area contributed by atoms with Gasteiger partial charge in [-0.1, -0.05) is 12.1 Å². The highest BCUT2D eigenvalue weighted by Crippen LogP contribution is 2.25. The van der Waals surface area contributed by atoms with Crippen molar-refractivity contribution in [3.05, 3.63) is 83.4 Å². The number of ether oxygens (including phenoxy) is 1. The van der Waals surface area contributed by atoms with Gasteiger partial charge in [0.05, 0.1) is 12.0 Å². The molecule has 0 bridgehead atoms. The fourth-order valence-corrected chi connectivity index (χ4v) is 2.77. The molecule has 0 spiro atoms. The maximum atomic E-state index is 11.4. The van der Waals surface area contributed by atoms with Gasteiger partial charge in [-0.05, 0) is 66.4 Å². The number of nitriles is 1. The zero-order valence-corrected chi connectivity index (χ0v) is 16.6. The van der Waals surface area contributed by atoms with Crippen molar-refractivity contribution in [1.82, 2.24) is 0 Å². The maximum absolute atomic E-state index is 11.4. The molecule has 0 unspecified atom stereocenters. The molecule has 8 heteroatoms. The zero-order valence-electron chi connectivity index (χ0n) is 16.6. The van der Waals surface area contributed by atoms with E-state index >= 15 is 0 Å². The molecule has 2 N–H and O–H groups in total. The molecule has 156 valence electrons. The van der Waals surface area contributed by atoms with Gasteiger partial charge in [0.25, 0.3) is 0 Å². The van der Waals surface area contributed by atoms with Gasteiger partial charge in [-0.2, -0.15) is 5.26 Å². The highest BCUT2D eigenvalue weighted by Gasteiger charge is 2.16. The number of aromatic hydroxyl groups is 2. The SMILES string of the molecule is CC(=O)OC(=C(C#N)N=Nc1ccc(CCc2cc(O)ccc2O)cc1)c1ccco1. The van der Waals surface area contributed by atoms with Crippen molar-refractivity contribution in [2.45, 2.75) is 19.8 Å². The molecule has 3 rings (SSSR count). The minimum absolute atomic E-state index is 0.104. The summed E-state index contributed by atoms with van der Waals surface area (Å²) in [7, 11) is 0. The smallest absolute Gasteiger partial charge is 0.308 e. The number of hydrogen-bond donors (Lipinski definition) is 2. The molecule has 0 amide bonds. The monoisotopic (exact) mass is 417 g/mol. The molecule has 2 aromatic carbocycles. The molecule has 0 saturated heterocycles. The molecule has 1 aromatic heterocycles. The number of aryl methyl sites for hydroxylation is 2. The highest BCUT2D eigenvalue weighted by molar-refractivity contribution is 5.77. The molecule has 8 nitrogen and oxygen atoms in total. The Morgan fingerprint density at radius 1 is 1.13 bits per heavy atom. The lowest BCUT2D eigenvalue weighted by Gasteiger charge is -2.06. The standard InChI is InChI=1S/C23H19N3O5/c1-15(27)31-23(22-3-2-12-30-22)20(14-24)26-25-18-8-5-16(6-9-18)4-7-17-13-19(28)10-11-21(17)29/h2-3,5-6,8-13,28-29H,4,7H2,1H3. The topological polar surface area (TPSA) is 128 Å². The Morgan fingerprint density at radius 2 is 1.90 bits per heavy atom. The second-order valence-electron chi connectivity index (χ2n) is 6.54. The van der Waals surface area contributed by atoms with E-state index in [1.165, 1.54) is 31.4 Å². The van der Waals surface area contributed by atoms with Crippen LogP contribution in [0.1, 0.15) is 23.8 Å². The number of allylic oxidation sites excluding steroid dienone is 1. The summed E-state index contributed by atoms with van der Waals surface area (Å²) >= 11 is 0. The molecule has 0 radical (unpaired) electrons. The van der Waals surface area contributed by atoms with Crippen LogP contribution in [0, 0.1) is 11.3 Å². The predicted molar refractivity (Wildman–Crippen MR) is 111 cm³/mol. The van der Waals surface area contributed by atoms with Crippen LogP contribution < -0.4 is 0 Å². The molecule has 0 fully saturated rings. The number of azo groups is 1. The number of nitrogens with zero attached hydrogens (tertiary/aromatic N) is 3. The number of furan rings is 1. The molecule has 1 heterocycles. The molecule has 0 aliphatic rings. The van der Waals surface area contributed by atoms with Crippen LogP contribution in [-0.2, 0) is 22.4 Å². The van der Waals surface area contributed by atoms with E-state index in [2.05, 4.69) is 10.2 Å². The van der Waals surface area contributed by atoms with Crippen molar-refractivity contribution >= 4 is 17.4 Å². The number of esters is 1. The predicted octanol–water partition coefficient (Wildman–Crippen LogP) is 5.02. The van der Waals surface area contributed by atoms with E-state index in [-0.39, 0.29) is 28.7 Å². The maximum Gasteiger partial charge on any atom is 0.308 e. The summed E-state index contributed by atoms with van der Waals surface area (Å²) in [6, 6.07) is 16.6. The first-order valence-electron chi connectivity index (χ1n) is 9.34. The molecule has 0 aliphatic carbocycles. The quantitative estimate of drug-likeness (QED) is 0.183. The lowest BCUT2D eigenvalue weighted by Crippen LogP contribution is -2.00. The zero-order chi connectivity index (χ0) is 22.2. The Kier molecular flexibility index (Phi) is 6.81. The number of benzene rings is 2. The number of phenolic OH excluding ortho intramolecular Hbond substituents is 2. The van der Waals surface area contributed by atoms with E-state index in [0.717, 1.165) is 5.56 Å². The van der Waals surface area contributed by atoms with Crippen LogP contribution >= 0.6 is 0 Å². The lowest BCUT2D eigenvalue weighted by atomic mass is 10.0. The van der Waals surface area contributed by atoms with E-state index < -0.39 is 5.97 Å². The van der Waals surface area contributed by atoms with Gasteiger partial charge in [-0.15, -0.1) is 10.2 Å². The molecule has 0 aliphatic heterocycles. The summed E-state index contributed by atoms with van der Waals surface area (Å²) < 4.78 is 10.3. The average Bonchev–Trinajstić information content (AvgIpc) is 3.29. The van der Waals surface area contributed by atoms with Crippen LogP contribution in [0.5, 0.6) is 11.5 Å². The van der Waals surface area contributed by atoms with Gasteiger partial charge in [0.2, 0.25) is 11.5 Å². The van der Waals surface area contributed by atoms with E-state index in [1.54, 1.807) is 24.3 Å². The minimum atomic E-state index is -0.614. The first-order chi connectivity index (χ1) is 15.0. The van der Waals surface area contributed by atoms with Crippen molar-refractivity contribution < 1.29 is 24.2 Å². The van der Waals surface area contributed by atoms with Crippen LogP contribution in [0.2, 0.25) is 0 Å². The Labute approximate surface area is 178 Å². The van der Waals surface area contributed by atoms with E-state index in [0.29, 0.717) is 24.1 Å². The summed E-state index contributed by atoms with van der Waals surface area (Å²) in [5.74, 6) is -0.286. The molecule has 0 saturated carbocycles. The Bertz CT molecular complexity index is 1160. The van der Waals surface area contributed by atoms with Crippen molar-refractivity contribution in [3.8, 4) is 17.6 Å². The van der Waals surface area contributed by atoms with Crippen molar-refractivity contribution in [3.63, 3.8) is 0 Å². The Hall–Kier alpha value is -4.38. The van der Waals surface area contributed by atoms with Crippen LogP contribution in [-0.4, -0.2) is 16.2 Å². The van der Waals surface area contributed by atoms with Gasteiger partial charge in [-0.3, -0.25) is 4.79 Å². The largest absolute Gasteiger partial charge is 0.508 e. The fraction of sp³-hybridized carbons (Fsp3) is 0.130. The molecular weight excluding hydrogens is 398 g/mol. The fourth-order valence-electron chi connectivity index (χ4n) is 2.77. The molecule has 31 heavy (non-hydrogen) atoms. The third kappa shape index (κ3) is 5.81. The number of hydrogen-bond acceptors (Lipinski definition) is 8. The van der Waals surface area contributed by atoms with Crippen LogP contribution in [0.25, 0.3) is 5.76 Å². The van der Waals surface area contributed by atoms with Gasteiger partial charge in [0, 0.05) is 6.92 Å². The minimum Gasteiger partial charge on any atom is -0.508 e. The summed E-state index contributed by atoms with van der Waals surface area (Å²) in [4.78, 5) is 11.4. The molecule has 0 atom stereocenters. The first kappa shape index (κ1) is 21.3. The van der Waals surface area contributed by atoms with Gasteiger partial charge in [0.1, 0.15) is 17.6 Å². The number of carbonyl (C=O) groups excluding carboxylic acids is 1. The summed E-state index contributed by atoms with van der Waals surface area (Å²) in [6.45, 7) is 1.21. The van der Waals surface area contributed by atoms with Gasteiger partial charge < -0.3 is 19.4 Å². The third-order valence-electron chi connectivity index (χ3n) is 4.26. The van der Waals surface area contributed by atoms with E-state index in [1.807, 2.05) is 18.2 Å². The highest BCUT2D eigenvalue weighted by atomic mass is 16.5. The van der Waals surface area contributed by atoms with Gasteiger partial charge >= 0.3 is 5.97 Å². The van der Waals surface area contributed by atoms with E-state index in [9.17, 15) is 20.3 Å². The van der Waals surface area contributed by atoms with Gasteiger partial charge in [0.15, 0.2) is 5.76 Å². The number of carbonyl (C=O) groups is 1. The lowest BCUT2D eigenvalue weighted by molar-refractivity contribution is -0.134. The molecule has 3 aromatic rings. The summed E-state index contributed by atoms with van der Waals surface area (Å²) in [5.41, 5.74) is 1.95. The Morgan fingerprint density at radius 3 is 2.55 bits per heavy atom. The van der Waals surface area contributed by atoms with Crippen LogP contribution in [0.4, 0.5) is 5.69 Å². The van der Waals surface area contributed by atoms with Crippen molar-refractivity contribution in [2.24, 2.45) is 10.2 Å². The first-order valence-corrected chi connectivity index (χ1v) is 9.34. The second-order valence-corrected chi connectivity index (χ2v) is 6.54. The molecular formula is C23H19N3O5. The normalized spacial score (nSPS) is 11.7. The second kappa shape index (κ2) is 9.89. The van der Waals surface area contributed by atoms with Crippen LogP contribution in [0.3, 0.4) is 0 Å². The number of phenols is 2. The van der Waals surface area contributed by atoms with Crippen LogP contribution in [0.15, 0.2) is 81.2 Å². The summed E-state index contributed by atoms with van der Waals surface area (Å²) in [5, 5.41) is 36.8. The van der Waals surface area contributed by atoms with Gasteiger partial charge in [-0.25, -0.2) is 0 Å². The summed E-state index contributed by atoms with van der Waals surface area (Å²) in [6.07, 6.45) is 2.59. The van der Waals surface area contributed by atoms with E-state index in [4.69, 9.17) is 9.15 Å². The van der Waals surface area contributed by atoms with Crippen molar-refractivity contribution in [1.29, 1.82) is 5.26 Å². The average molecular weight is 417 g/mol. The Balaban J connectivity index is 1.73. The number of rotatable bonds is 7. The van der Waals surface area contributed by atoms with Crippen molar-refractivity contribution in [2.75, 3.05) is 0 Å². The third-order valence-corrected chi connectivity index (χ3v) is 4.26.